The molecule has 2 N–H and O–H groups in total. The van der Waals surface area contributed by atoms with Gasteiger partial charge in [-0.05, 0) is 44.4 Å². The fraction of sp³-hybridized carbons (Fsp3) is 0.444. The Morgan fingerprint density at radius 1 is 1.25 bits per heavy atom. The molecule has 1 heterocycles. The normalized spacial score (nSPS) is 11.5. The number of methoxy groups -OCH3 is 1. The highest BCUT2D eigenvalue weighted by Gasteiger charge is 2.06. The number of benzene rings is 1. The van der Waals surface area contributed by atoms with Crippen molar-refractivity contribution in [1.82, 2.24) is 15.6 Å². The molecule has 1 aromatic carbocycles. The van der Waals surface area contributed by atoms with Gasteiger partial charge in [-0.2, -0.15) is 0 Å². The number of rotatable bonds is 6. The molecule has 6 heteroatoms. The SMILES string of the molecule is CN=C(NCCc1ccc(C)c(OC)c1)NCc1sc(C)nc1C. The molecule has 0 atom stereocenters. The summed E-state index contributed by atoms with van der Waals surface area (Å²) >= 11 is 1.72. The minimum Gasteiger partial charge on any atom is -0.496 e. The standard InChI is InChI=1S/C18H26N4OS/c1-12-6-7-15(10-16(12)23-5)8-9-20-18(19-4)21-11-17-13(2)22-14(3)24-17/h6-7,10H,8-9,11H2,1-5H3,(H2,19,20,21). The van der Waals surface area contributed by atoms with Gasteiger partial charge in [0.2, 0.25) is 0 Å². The van der Waals surface area contributed by atoms with Crippen LogP contribution in [-0.4, -0.2) is 31.6 Å². The number of nitrogens with zero attached hydrogens (tertiary/aromatic N) is 2. The first kappa shape index (κ1) is 18.3. The summed E-state index contributed by atoms with van der Waals surface area (Å²) in [6, 6.07) is 6.33. The Bertz CT molecular complexity index is 709. The number of aromatic nitrogens is 1. The van der Waals surface area contributed by atoms with E-state index >= 15 is 0 Å². The van der Waals surface area contributed by atoms with Crippen molar-refractivity contribution in [1.29, 1.82) is 0 Å². The van der Waals surface area contributed by atoms with Crippen LogP contribution in [0.5, 0.6) is 5.75 Å². The summed E-state index contributed by atoms with van der Waals surface area (Å²) in [5, 5.41) is 7.79. The highest BCUT2D eigenvalue weighted by molar-refractivity contribution is 7.11. The van der Waals surface area contributed by atoms with E-state index in [0.29, 0.717) is 0 Å². The zero-order valence-corrected chi connectivity index (χ0v) is 15.9. The van der Waals surface area contributed by atoms with E-state index in [1.165, 1.54) is 10.4 Å². The van der Waals surface area contributed by atoms with Crippen LogP contribution in [0, 0.1) is 20.8 Å². The average molecular weight is 347 g/mol. The molecule has 130 valence electrons. The largest absolute Gasteiger partial charge is 0.496 e. The smallest absolute Gasteiger partial charge is 0.191 e. The molecule has 24 heavy (non-hydrogen) atoms. The van der Waals surface area contributed by atoms with Crippen molar-refractivity contribution < 1.29 is 4.74 Å². The van der Waals surface area contributed by atoms with E-state index in [1.54, 1.807) is 25.5 Å². The first-order valence-electron chi connectivity index (χ1n) is 8.04. The number of nitrogens with one attached hydrogen (secondary N) is 2. The van der Waals surface area contributed by atoms with Gasteiger partial charge in [-0.3, -0.25) is 4.99 Å². The Morgan fingerprint density at radius 3 is 2.67 bits per heavy atom. The van der Waals surface area contributed by atoms with Crippen molar-refractivity contribution >= 4 is 17.3 Å². The van der Waals surface area contributed by atoms with Crippen LogP contribution in [0.25, 0.3) is 0 Å². The number of guanidine groups is 1. The van der Waals surface area contributed by atoms with Crippen LogP contribution < -0.4 is 15.4 Å². The van der Waals surface area contributed by atoms with E-state index < -0.39 is 0 Å². The summed E-state index contributed by atoms with van der Waals surface area (Å²) in [5.41, 5.74) is 3.49. The van der Waals surface area contributed by atoms with Gasteiger partial charge in [-0.1, -0.05) is 12.1 Å². The fourth-order valence-electron chi connectivity index (χ4n) is 2.47. The van der Waals surface area contributed by atoms with E-state index in [1.807, 2.05) is 13.8 Å². The molecule has 0 saturated carbocycles. The molecule has 0 aliphatic rings. The molecule has 2 rings (SSSR count). The number of thiazole rings is 1. The quantitative estimate of drug-likeness (QED) is 0.624. The third-order valence-corrected chi connectivity index (χ3v) is 4.89. The molecule has 0 aliphatic carbocycles. The second-order valence-electron chi connectivity index (χ2n) is 5.65. The van der Waals surface area contributed by atoms with Gasteiger partial charge in [0, 0.05) is 18.5 Å². The maximum Gasteiger partial charge on any atom is 0.191 e. The fourth-order valence-corrected chi connectivity index (χ4v) is 3.34. The lowest BCUT2D eigenvalue weighted by molar-refractivity contribution is 0.411. The van der Waals surface area contributed by atoms with Crippen molar-refractivity contribution in [3.63, 3.8) is 0 Å². The van der Waals surface area contributed by atoms with E-state index in [4.69, 9.17) is 4.74 Å². The van der Waals surface area contributed by atoms with Gasteiger partial charge in [0.1, 0.15) is 5.75 Å². The molecular formula is C18H26N4OS. The average Bonchev–Trinajstić information content (AvgIpc) is 2.89. The van der Waals surface area contributed by atoms with Crippen molar-refractivity contribution in [2.75, 3.05) is 20.7 Å². The molecule has 0 saturated heterocycles. The van der Waals surface area contributed by atoms with Gasteiger partial charge < -0.3 is 15.4 Å². The van der Waals surface area contributed by atoms with Crippen molar-refractivity contribution in [3.8, 4) is 5.75 Å². The molecule has 0 amide bonds. The van der Waals surface area contributed by atoms with Gasteiger partial charge in [0.25, 0.3) is 0 Å². The molecule has 0 aliphatic heterocycles. The summed E-state index contributed by atoms with van der Waals surface area (Å²) in [5.74, 6) is 1.74. The van der Waals surface area contributed by atoms with Crippen LogP contribution in [0.3, 0.4) is 0 Å². The molecular weight excluding hydrogens is 320 g/mol. The van der Waals surface area contributed by atoms with Crippen LogP contribution in [0.15, 0.2) is 23.2 Å². The maximum absolute atomic E-state index is 5.37. The molecule has 0 spiro atoms. The van der Waals surface area contributed by atoms with Crippen LogP contribution in [0.2, 0.25) is 0 Å². The van der Waals surface area contributed by atoms with Gasteiger partial charge >= 0.3 is 0 Å². The van der Waals surface area contributed by atoms with Gasteiger partial charge in [0.05, 0.1) is 24.4 Å². The van der Waals surface area contributed by atoms with E-state index in [9.17, 15) is 0 Å². The third-order valence-electron chi connectivity index (χ3n) is 3.82. The molecule has 0 unspecified atom stereocenters. The van der Waals surface area contributed by atoms with Gasteiger partial charge in [0.15, 0.2) is 5.96 Å². The highest BCUT2D eigenvalue weighted by atomic mass is 32.1. The molecule has 0 radical (unpaired) electrons. The van der Waals surface area contributed by atoms with Gasteiger partial charge in [-0.15, -0.1) is 11.3 Å². The molecule has 0 bridgehead atoms. The third kappa shape index (κ3) is 4.96. The Morgan fingerprint density at radius 2 is 2.04 bits per heavy atom. The lowest BCUT2D eigenvalue weighted by Gasteiger charge is -2.12. The number of aryl methyl sites for hydroxylation is 3. The first-order chi connectivity index (χ1) is 11.5. The van der Waals surface area contributed by atoms with Crippen molar-refractivity contribution in [2.45, 2.75) is 33.7 Å². The summed E-state index contributed by atoms with van der Waals surface area (Å²) in [4.78, 5) is 9.97. The summed E-state index contributed by atoms with van der Waals surface area (Å²) in [7, 11) is 3.49. The monoisotopic (exact) mass is 346 g/mol. The zero-order chi connectivity index (χ0) is 17.5. The molecule has 2 aromatic rings. The second-order valence-corrected chi connectivity index (χ2v) is 6.94. The van der Waals surface area contributed by atoms with Gasteiger partial charge in [-0.25, -0.2) is 4.98 Å². The Labute approximate surface area is 148 Å². The minimum absolute atomic E-state index is 0.745. The van der Waals surface area contributed by atoms with E-state index in [-0.39, 0.29) is 0 Å². The minimum atomic E-state index is 0.745. The predicted molar refractivity (Wildman–Crippen MR) is 101 cm³/mol. The summed E-state index contributed by atoms with van der Waals surface area (Å²) in [6.07, 6.45) is 0.913. The summed E-state index contributed by atoms with van der Waals surface area (Å²) in [6.45, 7) is 7.68. The van der Waals surface area contributed by atoms with Crippen LogP contribution >= 0.6 is 11.3 Å². The lowest BCUT2D eigenvalue weighted by Crippen LogP contribution is -2.37. The Hall–Kier alpha value is -2.08. The van der Waals surface area contributed by atoms with Crippen molar-refractivity contribution in [2.24, 2.45) is 4.99 Å². The highest BCUT2D eigenvalue weighted by Crippen LogP contribution is 2.19. The summed E-state index contributed by atoms with van der Waals surface area (Å²) < 4.78 is 5.37. The van der Waals surface area contributed by atoms with Crippen LogP contribution in [0.1, 0.15) is 26.7 Å². The van der Waals surface area contributed by atoms with Crippen LogP contribution in [-0.2, 0) is 13.0 Å². The molecule has 0 fully saturated rings. The lowest BCUT2D eigenvalue weighted by atomic mass is 10.1. The predicted octanol–water partition coefficient (Wildman–Crippen LogP) is 2.98. The first-order valence-corrected chi connectivity index (χ1v) is 8.86. The van der Waals surface area contributed by atoms with Crippen LogP contribution in [0.4, 0.5) is 0 Å². The number of aliphatic imine (C=N–C) groups is 1. The molecule has 1 aromatic heterocycles. The number of ether oxygens (including phenoxy) is 1. The van der Waals surface area contributed by atoms with Crippen molar-refractivity contribution in [3.05, 3.63) is 44.9 Å². The Kier molecular flexibility index (Phi) is 6.61. The zero-order valence-electron chi connectivity index (χ0n) is 15.1. The second kappa shape index (κ2) is 8.68. The Balaban J connectivity index is 1.82. The molecule has 5 nitrogen and oxygen atoms in total. The maximum atomic E-state index is 5.37. The van der Waals surface area contributed by atoms with E-state index in [0.717, 1.165) is 47.5 Å². The topological polar surface area (TPSA) is 58.5 Å². The van der Waals surface area contributed by atoms with E-state index in [2.05, 4.69) is 45.7 Å². The number of hydrogen-bond acceptors (Lipinski definition) is 4. The number of hydrogen-bond donors (Lipinski definition) is 2.